The summed E-state index contributed by atoms with van der Waals surface area (Å²) in [6.07, 6.45) is 0. The maximum atomic E-state index is 12.8. The lowest BCUT2D eigenvalue weighted by molar-refractivity contribution is -0.126. The van der Waals surface area contributed by atoms with E-state index in [4.69, 9.17) is 11.6 Å². The van der Waals surface area contributed by atoms with Crippen LogP contribution in [0.5, 0.6) is 0 Å². The van der Waals surface area contributed by atoms with Gasteiger partial charge in [-0.05, 0) is 17.7 Å². The highest BCUT2D eigenvalue weighted by atomic mass is 35.5. The second kappa shape index (κ2) is 6.00. The van der Waals surface area contributed by atoms with Crippen LogP contribution in [-0.4, -0.2) is 31.7 Å². The van der Waals surface area contributed by atoms with Crippen molar-refractivity contribution < 1.29 is 13.2 Å². The normalized spacial score (nSPS) is 19.9. The molecular weight excluding hydrogens is 344 g/mol. The summed E-state index contributed by atoms with van der Waals surface area (Å²) in [6, 6.07) is 11.0. The van der Waals surface area contributed by atoms with E-state index in [1.807, 2.05) is 6.07 Å². The number of nitrogens with zero attached hydrogens (tertiary/aromatic N) is 1. The molecule has 0 radical (unpaired) electrons. The molecule has 8 heteroatoms. The van der Waals surface area contributed by atoms with Gasteiger partial charge in [-0.25, -0.2) is 8.42 Å². The van der Waals surface area contributed by atoms with Gasteiger partial charge in [0.15, 0.2) is 0 Å². The van der Waals surface area contributed by atoms with Gasteiger partial charge in [-0.15, -0.1) is 11.3 Å². The number of hydrogen-bond donors (Lipinski definition) is 1. The molecule has 2 aromatic rings. The number of carbonyl (C=O) groups excluding carboxylic acids is 1. The van der Waals surface area contributed by atoms with Crippen molar-refractivity contribution in [1.82, 2.24) is 9.62 Å². The SMILES string of the molecule is O=C1NCCN(S(=O)(=O)c2ccc(Cl)s2)C1c1ccccc1. The summed E-state index contributed by atoms with van der Waals surface area (Å²) in [6.45, 7) is 0.518. The minimum atomic E-state index is -3.76. The maximum absolute atomic E-state index is 12.8. The number of halogens is 1. The van der Waals surface area contributed by atoms with Crippen LogP contribution in [0.2, 0.25) is 4.34 Å². The Balaban J connectivity index is 2.05. The molecule has 0 aliphatic carbocycles. The lowest BCUT2D eigenvalue weighted by Crippen LogP contribution is -2.51. The molecule has 1 aliphatic heterocycles. The van der Waals surface area contributed by atoms with E-state index < -0.39 is 16.1 Å². The smallest absolute Gasteiger partial charge is 0.253 e. The average Bonchev–Trinajstić information content (AvgIpc) is 2.95. The quantitative estimate of drug-likeness (QED) is 0.917. The molecule has 0 saturated carbocycles. The van der Waals surface area contributed by atoms with Crippen LogP contribution in [0.1, 0.15) is 11.6 Å². The number of amides is 1. The molecule has 3 rings (SSSR count). The lowest BCUT2D eigenvalue weighted by Gasteiger charge is -2.33. The Morgan fingerprint density at radius 1 is 1.18 bits per heavy atom. The highest BCUT2D eigenvalue weighted by Gasteiger charge is 2.39. The molecule has 1 atom stereocenters. The van der Waals surface area contributed by atoms with Crippen LogP contribution < -0.4 is 5.32 Å². The Kier molecular flexibility index (Phi) is 4.22. The third-order valence-corrected chi connectivity index (χ3v) is 6.96. The van der Waals surface area contributed by atoms with Gasteiger partial charge in [0, 0.05) is 13.1 Å². The van der Waals surface area contributed by atoms with Gasteiger partial charge in [0.05, 0.1) is 4.34 Å². The van der Waals surface area contributed by atoms with Gasteiger partial charge in [0.2, 0.25) is 5.91 Å². The van der Waals surface area contributed by atoms with E-state index in [9.17, 15) is 13.2 Å². The predicted octanol–water partition coefficient (Wildman–Crippen LogP) is 2.26. The van der Waals surface area contributed by atoms with Crippen molar-refractivity contribution in [3.63, 3.8) is 0 Å². The molecule has 22 heavy (non-hydrogen) atoms. The van der Waals surface area contributed by atoms with Crippen molar-refractivity contribution in [1.29, 1.82) is 0 Å². The summed E-state index contributed by atoms with van der Waals surface area (Å²) in [5, 5.41) is 2.72. The molecule has 0 bridgehead atoms. The van der Waals surface area contributed by atoms with Gasteiger partial charge >= 0.3 is 0 Å². The second-order valence-corrected chi connectivity index (χ2v) is 8.61. The maximum Gasteiger partial charge on any atom is 0.253 e. The molecule has 1 aromatic carbocycles. The molecule has 1 saturated heterocycles. The second-order valence-electron chi connectivity index (χ2n) is 4.78. The summed E-state index contributed by atoms with van der Waals surface area (Å²) in [7, 11) is -3.76. The van der Waals surface area contributed by atoms with Crippen LogP contribution >= 0.6 is 22.9 Å². The number of thiophene rings is 1. The zero-order valence-electron chi connectivity index (χ0n) is 11.4. The lowest BCUT2D eigenvalue weighted by atomic mass is 10.1. The molecule has 1 fully saturated rings. The number of hydrogen-bond acceptors (Lipinski definition) is 4. The van der Waals surface area contributed by atoms with Gasteiger partial charge in [0.1, 0.15) is 10.3 Å². The first kappa shape index (κ1) is 15.5. The summed E-state index contributed by atoms with van der Waals surface area (Å²) in [4.78, 5) is 12.2. The third kappa shape index (κ3) is 2.77. The van der Waals surface area contributed by atoms with E-state index >= 15 is 0 Å². The molecule has 116 valence electrons. The number of carbonyl (C=O) groups is 1. The summed E-state index contributed by atoms with van der Waals surface area (Å²) < 4.78 is 27.4. The van der Waals surface area contributed by atoms with Crippen molar-refractivity contribution >= 4 is 38.9 Å². The summed E-state index contributed by atoms with van der Waals surface area (Å²) in [5.74, 6) is -0.316. The van der Waals surface area contributed by atoms with Crippen molar-refractivity contribution in [2.45, 2.75) is 10.3 Å². The summed E-state index contributed by atoms with van der Waals surface area (Å²) >= 11 is 6.83. The molecular formula is C14H13ClN2O3S2. The Hall–Kier alpha value is -1.41. The van der Waals surface area contributed by atoms with Crippen LogP contribution in [0, 0.1) is 0 Å². The van der Waals surface area contributed by atoms with E-state index in [1.165, 1.54) is 10.4 Å². The zero-order valence-corrected chi connectivity index (χ0v) is 13.8. The molecule has 1 unspecified atom stereocenters. The van der Waals surface area contributed by atoms with E-state index in [0.717, 1.165) is 11.3 Å². The first-order valence-corrected chi connectivity index (χ1v) is 9.23. The molecule has 1 N–H and O–H groups in total. The van der Waals surface area contributed by atoms with Crippen molar-refractivity contribution in [2.75, 3.05) is 13.1 Å². The standard InChI is InChI=1S/C14H13ClN2O3S2/c15-11-6-7-12(21-11)22(19,20)17-9-8-16-14(18)13(17)10-4-2-1-3-5-10/h1-7,13H,8-9H2,(H,16,18). The molecule has 2 heterocycles. The Labute approximate surface area is 137 Å². The van der Waals surface area contributed by atoms with Crippen LogP contribution in [0.25, 0.3) is 0 Å². The Morgan fingerprint density at radius 2 is 1.91 bits per heavy atom. The highest BCUT2D eigenvalue weighted by molar-refractivity contribution is 7.91. The van der Waals surface area contributed by atoms with Gasteiger partial charge in [0.25, 0.3) is 10.0 Å². The fraction of sp³-hybridized carbons (Fsp3) is 0.214. The minimum absolute atomic E-state index is 0.146. The van der Waals surface area contributed by atoms with Gasteiger partial charge < -0.3 is 5.32 Å². The number of piperazine rings is 1. The molecule has 5 nitrogen and oxygen atoms in total. The number of rotatable bonds is 3. The monoisotopic (exact) mass is 356 g/mol. The fourth-order valence-electron chi connectivity index (χ4n) is 2.41. The van der Waals surface area contributed by atoms with Crippen molar-refractivity contribution in [3.8, 4) is 0 Å². The molecule has 1 aromatic heterocycles. The van der Waals surface area contributed by atoms with Gasteiger partial charge in [-0.1, -0.05) is 41.9 Å². The van der Waals surface area contributed by atoms with E-state index in [1.54, 1.807) is 30.3 Å². The van der Waals surface area contributed by atoms with E-state index in [-0.39, 0.29) is 16.7 Å². The van der Waals surface area contributed by atoms with E-state index in [0.29, 0.717) is 16.4 Å². The van der Waals surface area contributed by atoms with Gasteiger partial charge in [-0.3, -0.25) is 4.79 Å². The van der Waals surface area contributed by atoms with Crippen LogP contribution in [-0.2, 0) is 14.8 Å². The van der Waals surface area contributed by atoms with Crippen molar-refractivity contribution in [3.05, 3.63) is 52.4 Å². The number of benzene rings is 1. The zero-order chi connectivity index (χ0) is 15.7. The molecule has 1 amide bonds. The average molecular weight is 357 g/mol. The van der Waals surface area contributed by atoms with Crippen LogP contribution in [0.4, 0.5) is 0 Å². The first-order valence-electron chi connectivity index (χ1n) is 6.60. The number of sulfonamides is 1. The Morgan fingerprint density at radius 3 is 2.55 bits per heavy atom. The third-order valence-electron chi connectivity index (χ3n) is 3.39. The van der Waals surface area contributed by atoms with Crippen molar-refractivity contribution in [2.24, 2.45) is 0 Å². The van der Waals surface area contributed by atoms with E-state index in [2.05, 4.69) is 5.32 Å². The van der Waals surface area contributed by atoms with Crippen LogP contribution in [0.3, 0.4) is 0 Å². The fourth-order valence-corrected chi connectivity index (χ4v) is 5.60. The highest BCUT2D eigenvalue weighted by Crippen LogP contribution is 2.33. The number of nitrogens with one attached hydrogen (secondary N) is 1. The Bertz CT molecular complexity index is 789. The van der Waals surface area contributed by atoms with Crippen LogP contribution in [0.15, 0.2) is 46.7 Å². The summed E-state index contributed by atoms with van der Waals surface area (Å²) in [5.41, 5.74) is 0.644. The topological polar surface area (TPSA) is 66.5 Å². The predicted molar refractivity (Wildman–Crippen MR) is 85.4 cm³/mol. The van der Waals surface area contributed by atoms with Gasteiger partial charge in [-0.2, -0.15) is 4.31 Å². The first-order chi connectivity index (χ1) is 10.5. The largest absolute Gasteiger partial charge is 0.353 e. The minimum Gasteiger partial charge on any atom is -0.353 e. The molecule has 0 spiro atoms. The molecule has 1 aliphatic rings.